The number of rotatable bonds is 7. The minimum Gasteiger partial charge on any atom is -0.493 e. The Morgan fingerprint density at radius 1 is 1.11 bits per heavy atom. The SMILES string of the molecule is COc1cc(C=Nn2c(C3CCCCC3)nc3ccccc3c2=O)cc(Cl)c1OCc1ccc(Br)cc1Br. The van der Waals surface area contributed by atoms with Crippen LogP contribution >= 0.6 is 43.5 Å². The van der Waals surface area contributed by atoms with Crippen molar-refractivity contribution in [2.75, 3.05) is 7.11 Å². The molecule has 5 rings (SSSR count). The highest BCUT2D eigenvalue weighted by atomic mass is 79.9. The van der Waals surface area contributed by atoms with Crippen LogP contribution in [0, 0.1) is 0 Å². The molecule has 38 heavy (non-hydrogen) atoms. The van der Waals surface area contributed by atoms with Gasteiger partial charge < -0.3 is 9.47 Å². The van der Waals surface area contributed by atoms with Crippen LogP contribution in [0.25, 0.3) is 10.9 Å². The van der Waals surface area contributed by atoms with E-state index >= 15 is 0 Å². The summed E-state index contributed by atoms with van der Waals surface area (Å²) >= 11 is 13.6. The summed E-state index contributed by atoms with van der Waals surface area (Å²) in [4.78, 5) is 18.3. The predicted octanol–water partition coefficient (Wildman–Crippen LogP) is 8.09. The number of halogens is 3. The molecule has 1 aromatic heterocycles. The lowest BCUT2D eigenvalue weighted by Crippen LogP contribution is -2.25. The van der Waals surface area contributed by atoms with Crippen molar-refractivity contribution in [1.29, 1.82) is 0 Å². The molecule has 4 aromatic rings. The van der Waals surface area contributed by atoms with Gasteiger partial charge in [0, 0.05) is 20.4 Å². The zero-order valence-corrected chi connectivity index (χ0v) is 24.7. The normalized spacial score (nSPS) is 14.3. The smallest absolute Gasteiger partial charge is 0.282 e. The Morgan fingerprint density at radius 2 is 1.89 bits per heavy atom. The first kappa shape index (κ1) is 26.9. The maximum atomic E-state index is 13.5. The number of fused-ring (bicyclic) bond motifs is 1. The molecule has 0 atom stereocenters. The molecule has 0 bridgehead atoms. The van der Waals surface area contributed by atoms with E-state index in [0.29, 0.717) is 45.4 Å². The van der Waals surface area contributed by atoms with Gasteiger partial charge in [0.05, 0.1) is 29.2 Å². The van der Waals surface area contributed by atoms with Crippen molar-refractivity contribution in [3.8, 4) is 11.5 Å². The lowest BCUT2D eigenvalue weighted by atomic mass is 9.88. The van der Waals surface area contributed by atoms with Crippen LogP contribution in [0.2, 0.25) is 5.02 Å². The van der Waals surface area contributed by atoms with E-state index in [1.165, 1.54) is 11.1 Å². The van der Waals surface area contributed by atoms with Crippen LogP contribution in [0.1, 0.15) is 55.0 Å². The van der Waals surface area contributed by atoms with Gasteiger partial charge in [0.2, 0.25) is 0 Å². The lowest BCUT2D eigenvalue weighted by molar-refractivity contribution is 0.284. The van der Waals surface area contributed by atoms with Gasteiger partial charge >= 0.3 is 0 Å². The fourth-order valence-corrected chi connectivity index (χ4v) is 6.18. The summed E-state index contributed by atoms with van der Waals surface area (Å²) in [6, 6.07) is 16.8. The molecule has 0 aliphatic heterocycles. The standard InChI is InChI=1S/C29H26Br2ClN3O3/c1-37-26-14-18(13-24(32)27(26)38-17-20-11-12-21(30)15-23(20)31)16-33-35-28(19-7-3-2-4-8-19)34-25-10-6-5-9-22(25)29(35)36/h5-6,9-16,19H,2-4,7-8,17H2,1H3. The fraction of sp³-hybridized carbons (Fsp3) is 0.276. The van der Waals surface area contributed by atoms with Gasteiger partial charge in [-0.15, -0.1) is 0 Å². The Hall–Kier alpha value is -2.68. The van der Waals surface area contributed by atoms with E-state index in [2.05, 4.69) is 37.0 Å². The summed E-state index contributed by atoms with van der Waals surface area (Å²) in [5.74, 6) is 1.82. The molecule has 3 aromatic carbocycles. The minimum atomic E-state index is -0.175. The number of methoxy groups -OCH3 is 1. The van der Waals surface area contributed by atoms with Crippen molar-refractivity contribution in [1.82, 2.24) is 9.66 Å². The van der Waals surface area contributed by atoms with E-state index in [1.54, 1.807) is 31.5 Å². The molecule has 1 saturated carbocycles. The second-order valence-corrected chi connectivity index (χ2v) is 11.4. The highest BCUT2D eigenvalue weighted by Crippen LogP contribution is 2.37. The molecular weight excluding hydrogens is 634 g/mol. The number of hydrogen-bond donors (Lipinski definition) is 0. The highest BCUT2D eigenvalue weighted by Gasteiger charge is 2.22. The second kappa shape index (κ2) is 12.0. The minimum absolute atomic E-state index is 0.175. The van der Waals surface area contributed by atoms with Gasteiger partial charge in [-0.2, -0.15) is 9.78 Å². The summed E-state index contributed by atoms with van der Waals surface area (Å²) in [7, 11) is 1.56. The molecular formula is C29H26Br2ClN3O3. The van der Waals surface area contributed by atoms with E-state index in [1.807, 2.05) is 36.4 Å². The number of hydrogen-bond acceptors (Lipinski definition) is 5. The molecule has 9 heteroatoms. The molecule has 0 spiro atoms. The van der Waals surface area contributed by atoms with Crippen LogP contribution in [0.4, 0.5) is 0 Å². The van der Waals surface area contributed by atoms with Crippen LogP contribution in [0.3, 0.4) is 0 Å². The first-order valence-electron chi connectivity index (χ1n) is 12.4. The van der Waals surface area contributed by atoms with E-state index < -0.39 is 0 Å². The molecule has 0 saturated heterocycles. The summed E-state index contributed by atoms with van der Waals surface area (Å²) in [5.41, 5.74) is 2.17. The zero-order chi connectivity index (χ0) is 26.6. The monoisotopic (exact) mass is 657 g/mol. The second-order valence-electron chi connectivity index (χ2n) is 9.24. The Morgan fingerprint density at radius 3 is 2.66 bits per heavy atom. The Labute approximate surface area is 242 Å². The van der Waals surface area contributed by atoms with Crippen LogP contribution in [0.5, 0.6) is 11.5 Å². The molecule has 1 fully saturated rings. The van der Waals surface area contributed by atoms with Gasteiger partial charge in [-0.3, -0.25) is 4.79 Å². The quantitative estimate of drug-likeness (QED) is 0.188. The molecule has 6 nitrogen and oxygen atoms in total. The number of benzene rings is 3. The molecule has 1 aliphatic rings. The summed E-state index contributed by atoms with van der Waals surface area (Å²) in [6.45, 7) is 0.306. The van der Waals surface area contributed by atoms with Gasteiger partial charge in [-0.25, -0.2) is 4.98 Å². The molecule has 1 heterocycles. The molecule has 0 N–H and O–H groups in total. The van der Waals surface area contributed by atoms with Gasteiger partial charge in [-0.05, 0) is 54.8 Å². The van der Waals surface area contributed by atoms with E-state index in [9.17, 15) is 4.79 Å². The zero-order valence-electron chi connectivity index (χ0n) is 20.8. The molecule has 1 aliphatic carbocycles. The molecule has 0 unspecified atom stereocenters. The third-order valence-electron chi connectivity index (χ3n) is 6.71. The third kappa shape index (κ3) is 5.82. The van der Waals surface area contributed by atoms with Crippen LogP contribution in [-0.4, -0.2) is 23.0 Å². The van der Waals surface area contributed by atoms with E-state index in [4.69, 9.17) is 26.1 Å². The Kier molecular flexibility index (Phi) is 8.51. The van der Waals surface area contributed by atoms with Crippen LogP contribution < -0.4 is 15.0 Å². The van der Waals surface area contributed by atoms with Crippen molar-refractivity contribution in [2.45, 2.75) is 44.6 Å². The maximum Gasteiger partial charge on any atom is 0.282 e. The average molecular weight is 660 g/mol. The number of aromatic nitrogens is 2. The predicted molar refractivity (Wildman–Crippen MR) is 159 cm³/mol. The summed E-state index contributed by atoms with van der Waals surface area (Å²) in [6.07, 6.45) is 7.09. The largest absolute Gasteiger partial charge is 0.493 e. The van der Waals surface area contributed by atoms with E-state index in [0.717, 1.165) is 40.2 Å². The summed E-state index contributed by atoms with van der Waals surface area (Å²) < 4.78 is 15.0. The number of nitrogens with zero attached hydrogens (tertiary/aromatic N) is 3. The first-order valence-corrected chi connectivity index (χ1v) is 14.4. The molecule has 0 amide bonds. The van der Waals surface area contributed by atoms with Gasteiger partial charge in [0.15, 0.2) is 11.5 Å². The Bertz CT molecular complexity index is 1570. The molecule has 0 radical (unpaired) electrons. The lowest BCUT2D eigenvalue weighted by Gasteiger charge is -2.22. The topological polar surface area (TPSA) is 65.7 Å². The van der Waals surface area contributed by atoms with Gasteiger partial charge in [0.25, 0.3) is 5.56 Å². The van der Waals surface area contributed by atoms with Crippen molar-refractivity contribution >= 4 is 60.6 Å². The van der Waals surface area contributed by atoms with Crippen molar-refractivity contribution in [2.24, 2.45) is 5.10 Å². The highest BCUT2D eigenvalue weighted by molar-refractivity contribution is 9.11. The average Bonchev–Trinajstić information content (AvgIpc) is 2.93. The van der Waals surface area contributed by atoms with Gasteiger partial charge in [-0.1, -0.05) is 80.9 Å². The van der Waals surface area contributed by atoms with Crippen molar-refractivity contribution in [3.05, 3.63) is 95.9 Å². The maximum absolute atomic E-state index is 13.5. The number of ether oxygens (including phenoxy) is 2. The van der Waals surface area contributed by atoms with E-state index in [-0.39, 0.29) is 11.5 Å². The van der Waals surface area contributed by atoms with Crippen LogP contribution in [0.15, 0.2) is 73.4 Å². The third-order valence-corrected chi connectivity index (χ3v) is 8.22. The van der Waals surface area contributed by atoms with Crippen molar-refractivity contribution in [3.63, 3.8) is 0 Å². The van der Waals surface area contributed by atoms with Crippen molar-refractivity contribution < 1.29 is 9.47 Å². The van der Waals surface area contributed by atoms with Gasteiger partial charge in [0.1, 0.15) is 12.4 Å². The summed E-state index contributed by atoms with van der Waals surface area (Å²) in [5, 5.41) is 5.54. The molecule has 196 valence electrons. The Balaban J connectivity index is 1.47. The first-order chi connectivity index (χ1) is 18.4. The number of para-hydroxylation sites is 1. The fourth-order valence-electron chi connectivity index (χ4n) is 4.74. The van der Waals surface area contributed by atoms with Crippen LogP contribution in [-0.2, 0) is 6.61 Å².